The molecule has 0 amide bonds. The van der Waals surface area contributed by atoms with E-state index in [1.807, 2.05) is 0 Å². The fraction of sp³-hybridized carbons (Fsp3) is 0.500. The van der Waals surface area contributed by atoms with Crippen LogP contribution in [0.2, 0.25) is 0 Å². The van der Waals surface area contributed by atoms with E-state index in [0.29, 0.717) is 6.04 Å². The topological polar surface area (TPSA) is 15.3 Å². The average molecular weight is 240 g/mol. The van der Waals surface area contributed by atoms with Crippen molar-refractivity contribution < 1.29 is 0 Å². The van der Waals surface area contributed by atoms with Gasteiger partial charge in [-0.15, -0.1) is 0 Å². The lowest BCUT2D eigenvalue weighted by Crippen LogP contribution is -2.57. The van der Waals surface area contributed by atoms with Crippen LogP contribution in [0.15, 0.2) is 42.0 Å². The molecule has 3 atom stereocenters. The summed E-state index contributed by atoms with van der Waals surface area (Å²) in [6.07, 6.45) is 5.18. The number of benzene rings is 1. The van der Waals surface area contributed by atoms with Gasteiger partial charge in [-0.1, -0.05) is 42.0 Å². The van der Waals surface area contributed by atoms with E-state index in [4.69, 9.17) is 0 Å². The molecule has 3 unspecified atom stereocenters. The van der Waals surface area contributed by atoms with Crippen LogP contribution in [0, 0.1) is 5.92 Å². The molecule has 4 bridgehead atoms. The molecule has 3 aliphatic heterocycles. The smallest absolute Gasteiger partial charge is 0.0293 e. The molecule has 1 aliphatic carbocycles. The normalized spacial score (nSPS) is 34.4. The first-order chi connectivity index (χ1) is 8.90. The molecule has 5 rings (SSSR count). The van der Waals surface area contributed by atoms with Crippen molar-refractivity contribution in [1.82, 2.24) is 10.2 Å². The van der Waals surface area contributed by atoms with Gasteiger partial charge in [0.1, 0.15) is 0 Å². The van der Waals surface area contributed by atoms with E-state index in [9.17, 15) is 0 Å². The maximum atomic E-state index is 3.62. The minimum Gasteiger partial charge on any atom is -0.314 e. The van der Waals surface area contributed by atoms with E-state index in [2.05, 4.69) is 46.6 Å². The molecule has 1 aromatic carbocycles. The Morgan fingerprint density at radius 2 is 1.94 bits per heavy atom. The quantitative estimate of drug-likeness (QED) is 0.797. The number of rotatable bonds is 2. The van der Waals surface area contributed by atoms with Crippen molar-refractivity contribution in [3.8, 4) is 0 Å². The second-order valence-electron chi connectivity index (χ2n) is 5.93. The standard InChI is InChI=1S/C16H20N2/c1-2-4-12(5-3-1)11-18-15-8-13-6-14(7-13)16(18)10-17-9-15/h1-6,14-17H,7-11H2. The molecule has 0 aromatic heterocycles. The number of nitrogens with one attached hydrogen (secondary N) is 1. The second kappa shape index (κ2) is 4.22. The number of hydrogen-bond donors (Lipinski definition) is 1. The minimum absolute atomic E-state index is 0.711. The zero-order valence-electron chi connectivity index (χ0n) is 10.7. The number of piperazine rings is 1. The molecule has 2 heteroatoms. The highest BCUT2D eigenvalue weighted by atomic mass is 15.3. The fourth-order valence-corrected chi connectivity index (χ4v) is 3.80. The molecule has 1 aromatic rings. The van der Waals surface area contributed by atoms with Crippen molar-refractivity contribution in [3.63, 3.8) is 0 Å². The van der Waals surface area contributed by atoms with Gasteiger partial charge in [0.2, 0.25) is 0 Å². The Hall–Kier alpha value is -1.12. The van der Waals surface area contributed by atoms with Crippen LogP contribution in [0.1, 0.15) is 18.4 Å². The Bertz CT molecular complexity index is 465. The molecule has 0 spiro atoms. The van der Waals surface area contributed by atoms with Gasteiger partial charge in [0, 0.05) is 31.7 Å². The zero-order chi connectivity index (χ0) is 11.9. The molecule has 0 saturated carbocycles. The summed E-state index contributed by atoms with van der Waals surface area (Å²) in [5.74, 6) is 0.807. The monoisotopic (exact) mass is 240 g/mol. The van der Waals surface area contributed by atoms with Crippen molar-refractivity contribution >= 4 is 0 Å². The van der Waals surface area contributed by atoms with Gasteiger partial charge < -0.3 is 5.32 Å². The van der Waals surface area contributed by atoms with Crippen LogP contribution in [0.25, 0.3) is 0 Å². The van der Waals surface area contributed by atoms with Crippen LogP contribution >= 0.6 is 0 Å². The van der Waals surface area contributed by atoms with E-state index >= 15 is 0 Å². The Kier molecular flexibility index (Phi) is 2.52. The van der Waals surface area contributed by atoms with E-state index in [-0.39, 0.29) is 0 Å². The summed E-state index contributed by atoms with van der Waals surface area (Å²) in [5.41, 5.74) is 3.16. The molecule has 1 N–H and O–H groups in total. The number of hydrogen-bond acceptors (Lipinski definition) is 2. The first-order valence-electron chi connectivity index (χ1n) is 7.10. The second-order valence-corrected chi connectivity index (χ2v) is 5.93. The summed E-state index contributed by atoms with van der Waals surface area (Å²) in [4.78, 5) is 2.76. The maximum Gasteiger partial charge on any atom is 0.0293 e. The van der Waals surface area contributed by atoms with E-state index in [1.54, 1.807) is 5.57 Å². The van der Waals surface area contributed by atoms with Crippen LogP contribution in [0.3, 0.4) is 0 Å². The van der Waals surface area contributed by atoms with Crippen molar-refractivity contribution in [2.75, 3.05) is 13.1 Å². The SMILES string of the molecule is C1=C2CC1C1CNCC(C2)N1Cc1ccccc1. The molecule has 2 saturated heterocycles. The molecule has 2 nitrogen and oxygen atoms in total. The van der Waals surface area contributed by atoms with Crippen molar-refractivity contribution in [2.45, 2.75) is 31.5 Å². The summed E-state index contributed by atoms with van der Waals surface area (Å²) < 4.78 is 0. The highest BCUT2D eigenvalue weighted by Crippen LogP contribution is 2.41. The molecule has 4 aliphatic rings. The van der Waals surface area contributed by atoms with E-state index in [1.165, 1.54) is 18.4 Å². The lowest BCUT2D eigenvalue weighted by atomic mass is 9.81. The summed E-state index contributed by atoms with van der Waals surface area (Å²) >= 11 is 0. The Balaban J connectivity index is 1.60. The summed E-state index contributed by atoms with van der Waals surface area (Å²) in [6, 6.07) is 12.4. The largest absolute Gasteiger partial charge is 0.314 e. The molecule has 2 fully saturated rings. The Morgan fingerprint density at radius 1 is 1.11 bits per heavy atom. The van der Waals surface area contributed by atoms with Crippen LogP contribution in [-0.4, -0.2) is 30.1 Å². The molecular formula is C16H20N2. The predicted molar refractivity (Wildman–Crippen MR) is 73.2 cm³/mol. The molecule has 94 valence electrons. The minimum atomic E-state index is 0.711. The molecular weight excluding hydrogens is 220 g/mol. The molecule has 18 heavy (non-hydrogen) atoms. The highest BCUT2D eigenvalue weighted by molar-refractivity contribution is 5.26. The number of nitrogens with zero attached hydrogens (tertiary/aromatic N) is 1. The summed E-state index contributed by atoms with van der Waals surface area (Å²) in [6.45, 7) is 3.45. The van der Waals surface area contributed by atoms with Gasteiger partial charge >= 0.3 is 0 Å². The van der Waals surface area contributed by atoms with E-state index < -0.39 is 0 Å². The maximum absolute atomic E-state index is 3.62. The van der Waals surface area contributed by atoms with Crippen LogP contribution in [0.4, 0.5) is 0 Å². The lowest BCUT2D eigenvalue weighted by molar-refractivity contribution is 0.0775. The van der Waals surface area contributed by atoms with Gasteiger partial charge in [-0.3, -0.25) is 4.90 Å². The van der Waals surface area contributed by atoms with Gasteiger partial charge in [-0.05, 0) is 24.3 Å². The predicted octanol–water partition coefficient (Wildman–Crippen LogP) is 2.18. The zero-order valence-corrected chi connectivity index (χ0v) is 10.7. The van der Waals surface area contributed by atoms with Crippen molar-refractivity contribution in [1.29, 1.82) is 0 Å². The Labute approximate surface area is 109 Å². The highest BCUT2D eigenvalue weighted by Gasteiger charge is 2.41. The van der Waals surface area contributed by atoms with Gasteiger partial charge in [0.25, 0.3) is 0 Å². The summed E-state index contributed by atoms with van der Waals surface area (Å²) in [5, 5.41) is 3.62. The third kappa shape index (κ3) is 1.72. The van der Waals surface area contributed by atoms with Crippen LogP contribution in [0.5, 0.6) is 0 Å². The lowest BCUT2D eigenvalue weighted by Gasteiger charge is -2.43. The van der Waals surface area contributed by atoms with Crippen LogP contribution < -0.4 is 5.32 Å². The molecule has 3 heterocycles. The third-order valence-electron chi connectivity index (χ3n) is 4.78. The molecule has 0 radical (unpaired) electrons. The van der Waals surface area contributed by atoms with Crippen molar-refractivity contribution in [2.24, 2.45) is 5.92 Å². The fourth-order valence-electron chi connectivity index (χ4n) is 3.80. The van der Waals surface area contributed by atoms with Crippen LogP contribution in [-0.2, 0) is 6.54 Å². The average Bonchev–Trinajstić information content (AvgIpc) is 2.49. The van der Waals surface area contributed by atoms with Crippen molar-refractivity contribution in [3.05, 3.63) is 47.5 Å². The first-order valence-corrected chi connectivity index (χ1v) is 7.10. The van der Waals surface area contributed by atoms with Gasteiger partial charge in [0.15, 0.2) is 0 Å². The third-order valence-corrected chi connectivity index (χ3v) is 4.78. The first kappa shape index (κ1) is 10.8. The Morgan fingerprint density at radius 3 is 2.78 bits per heavy atom. The summed E-state index contributed by atoms with van der Waals surface area (Å²) in [7, 11) is 0. The van der Waals surface area contributed by atoms with Gasteiger partial charge in [0.05, 0.1) is 0 Å². The van der Waals surface area contributed by atoms with Gasteiger partial charge in [-0.2, -0.15) is 0 Å². The van der Waals surface area contributed by atoms with E-state index in [0.717, 1.165) is 31.6 Å². The van der Waals surface area contributed by atoms with Gasteiger partial charge in [-0.25, -0.2) is 0 Å².